The number of hydrogen-bond donors (Lipinski definition) is 16. The normalized spacial score (nSPS) is 19.0. The summed E-state index contributed by atoms with van der Waals surface area (Å²) in [5.41, 5.74) is 11.8. The van der Waals surface area contributed by atoms with Crippen molar-refractivity contribution in [2.24, 2.45) is 17.4 Å². The molecule has 0 aliphatic carbocycles. The summed E-state index contributed by atoms with van der Waals surface area (Å²) in [6.07, 6.45) is 0.734. The van der Waals surface area contributed by atoms with Gasteiger partial charge < -0.3 is 84.2 Å². The predicted molar refractivity (Wildman–Crippen MR) is 302 cm³/mol. The number of hydrogen-bond acceptors (Lipinski definition) is 18. The summed E-state index contributed by atoms with van der Waals surface area (Å²) in [5, 5.41) is 59.6. The molecular weight excluding hydrogens is 1110 g/mol. The third-order valence-electron chi connectivity index (χ3n) is 14.2. The summed E-state index contributed by atoms with van der Waals surface area (Å²) in [6, 6.07) is -9.22. The molecule has 0 unspecified atom stereocenters. The smallest absolute Gasteiger partial charge is 0.326 e. The molecule has 0 spiro atoms. The summed E-state index contributed by atoms with van der Waals surface area (Å²) >= 11 is 8.28. The fraction of sp³-hybridized carbons (Fsp3) is 0.654. The Kier molecular flexibility index (Phi) is 28.8. The highest BCUT2D eigenvalue weighted by Crippen LogP contribution is 2.27. The van der Waals surface area contributed by atoms with Gasteiger partial charge >= 0.3 is 5.97 Å². The van der Waals surface area contributed by atoms with E-state index in [0.717, 1.165) is 6.42 Å². The summed E-state index contributed by atoms with van der Waals surface area (Å²) < 4.78 is 0. The second-order valence-corrected chi connectivity index (χ2v) is 21.3. The lowest BCUT2D eigenvalue weighted by molar-refractivity contribution is -0.149. The molecule has 11 amide bonds. The zero-order valence-electron chi connectivity index (χ0n) is 46.8. The number of aromatic hydroxyl groups is 1. The van der Waals surface area contributed by atoms with Crippen LogP contribution in [0.15, 0.2) is 24.3 Å². The monoisotopic (exact) mass is 1190 g/mol. The van der Waals surface area contributed by atoms with E-state index >= 15 is 0 Å². The Labute approximate surface area is 486 Å². The molecule has 458 valence electrons. The summed E-state index contributed by atoms with van der Waals surface area (Å²) in [7, 11) is 0. The number of aliphatic carboxylic acids is 1. The number of carbonyl (C=O) groups is 12. The second kappa shape index (κ2) is 34.0. The van der Waals surface area contributed by atoms with Gasteiger partial charge in [0.05, 0.1) is 18.8 Å². The third kappa shape index (κ3) is 20.6. The van der Waals surface area contributed by atoms with Crippen molar-refractivity contribution in [1.82, 2.24) is 52.3 Å². The maximum absolute atomic E-state index is 14.5. The highest BCUT2D eigenvalue weighted by Gasteiger charge is 2.45. The number of thiol groups is 2. The maximum atomic E-state index is 14.5. The molecule has 16 N–H and O–H groups in total. The van der Waals surface area contributed by atoms with E-state index in [4.69, 9.17) is 11.5 Å². The number of unbranched alkanes of at least 4 members (excludes halogenated alkanes) is 1. The van der Waals surface area contributed by atoms with Crippen LogP contribution in [-0.2, 0) is 64.0 Å². The minimum absolute atomic E-state index is 0.0556. The van der Waals surface area contributed by atoms with Crippen molar-refractivity contribution in [3.63, 3.8) is 0 Å². The van der Waals surface area contributed by atoms with Gasteiger partial charge in [0.25, 0.3) is 0 Å². The Morgan fingerprint density at radius 3 is 1.72 bits per heavy atom. The summed E-state index contributed by atoms with van der Waals surface area (Å²) in [5.74, 6) is -11.8. The van der Waals surface area contributed by atoms with Crippen molar-refractivity contribution < 1.29 is 78.0 Å². The van der Waals surface area contributed by atoms with Gasteiger partial charge in [0, 0.05) is 37.4 Å². The number of carbonyl (C=O) groups excluding carboxylic acids is 11. The maximum Gasteiger partial charge on any atom is 0.326 e. The van der Waals surface area contributed by atoms with E-state index in [9.17, 15) is 78.0 Å². The van der Waals surface area contributed by atoms with Crippen molar-refractivity contribution in [3.05, 3.63) is 29.8 Å². The lowest BCUT2D eigenvalue weighted by atomic mass is 9.96. The number of primary amides is 1. The molecule has 2 aliphatic heterocycles. The van der Waals surface area contributed by atoms with E-state index in [-0.39, 0.29) is 56.0 Å². The van der Waals surface area contributed by atoms with E-state index < -0.39 is 162 Å². The first-order valence-electron chi connectivity index (χ1n) is 27.3. The standard InChI is InChI=1S/C52H82N12O16S2/c1-6-8-11-31(53)43(70)59-36(25-82)47(74)62-41(28(5)66)49(76)55-27(4)42(69)58-34(23-65)45(72)61-40(26(3)7-2)51(78)64-21-10-13-38(64)50(77)63-20-9-12-37(63)48(75)56-32(18-19-39(54)68)44(71)60-35(24-81)46(73)57-33(52(79)80)22-29-14-16-30(67)17-15-29/h14-17,26-28,31-38,40-41,65-67,81-82H,6-13,18-25,53H2,1-5H3,(H2,54,68)(H,55,76)(H,56,75)(H,57,73)(H,58,69)(H,59,70)(H,60,71)(H,61,72)(H,62,74)(H,79,80)/t26-,27-,28+,31-,32-,33-,34-,35-,36-,37-,38-,40-,41-/m0/s1. The van der Waals surface area contributed by atoms with Crippen molar-refractivity contribution in [2.75, 3.05) is 31.2 Å². The average molecular weight is 1200 g/mol. The molecule has 2 heterocycles. The molecule has 13 atom stereocenters. The number of aliphatic hydroxyl groups is 2. The number of nitrogens with one attached hydrogen (secondary N) is 8. The quantitative estimate of drug-likeness (QED) is 0.0298. The van der Waals surface area contributed by atoms with E-state index in [1.54, 1.807) is 13.8 Å². The third-order valence-corrected chi connectivity index (χ3v) is 14.9. The van der Waals surface area contributed by atoms with Gasteiger partial charge in [-0.25, -0.2) is 4.79 Å². The predicted octanol–water partition coefficient (Wildman–Crippen LogP) is -4.04. The molecule has 28 nitrogen and oxygen atoms in total. The number of aliphatic hydroxyl groups excluding tert-OH is 2. The van der Waals surface area contributed by atoms with Gasteiger partial charge in [-0.1, -0.05) is 52.2 Å². The van der Waals surface area contributed by atoms with Gasteiger partial charge in [0.2, 0.25) is 65.0 Å². The average Bonchev–Trinajstić information content (AvgIpc) is 4.22. The molecule has 1 aromatic rings. The lowest BCUT2D eigenvalue weighted by Gasteiger charge is -2.35. The number of nitrogens with two attached hydrogens (primary N) is 2. The molecule has 0 aromatic heterocycles. The van der Waals surface area contributed by atoms with E-state index in [2.05, 4.69) is 67.8 Å². The Balaban J connectivity index is 1.71. The molecular formula is C52H82N12O16S2. The first-order valence-corrected chi connectivity index (χ1v) is 28.6. The number of amides is 11. The van der Waals surface area contributed by atoms with Gasteiger partial charge in [-0.05, 0) is 76.0 Å². The minimum Gasteiger partial charge on any atom is -0.508 e. The highest BCUT2D eigenvalue weighted by atomic mass is 32.1. The van der Waals surface area contributed by atoms with Crippen LogP contribution in [0.5, 0.6) is 5.75 Å². The molecule has 0 radical (unpaired) electrons. The molecule has 0 bridgehead atoms. The summed E-state index contributed by atoms with van der Waals surface area (Å²) in [6.45, 7) is 6.93. The zero-order chi connectivity index (χ0) is 61.5. The number of carboxylic acid groups (broad SMARTS) is 1. The molecule has 30 heteroatoms. The largest absolute Gasteiger partial charge is 0.508 e. The molecule has 3 rings (SSSR count). The number of benzene rings is 1. The number of phenolic OH excluding ortho intramolecular Hbond substituents is 1. The van der Waals surface area contributed by atoms with Crippen molar-refractivity contribution in [1.29, 1.82) is 0 Å². The van der Waals surface area contributed by atoms with Crippen LogP contribution in [0.25, 0.3) is 0 Å². The molecule has 2 saturated heterocycles. The number of likely N-dealkylation sites (tertiary alicyclic amines) is 2. The molecule has 1 aromatic carbocycles. The van der Waals surface area contributed by atoms with Crippen molar-refractivity contribution in [2.45, 2.75) is 178 Å². The Hall–Kier alpha value is -6.76. The van der Waals surface area contributed by atoms with Crippen LogP contribution in [0.1, 0.15) is 104 Å². The van der Waals surface area contributed by atoms with Crippen LogP contribution in [0.3, 0.4) is 0 Å². The minimum atomic E-state index is -1.68. The van der Waals surface area contributed by atoms with Crippen LogP contribution >= 0.6 is 25.3 Å². The lowest BCUT2D eigenvalue weighted by Crippen LogP contribution is -2.62. The fourth-order valence-corrected chi connectivity index (χ4v) is 9.59. The van der Waals surface area contributed by atoms with E-state index in [1.165, 1.54) is 47.9 Å². The number of nitrogens with zero attached hydrogens (tertiary/aromatic N) is 2. The van der Waals surface area contributed by atoms with Gasteiger partial charge in [-0.15, -0.1) is 0 Å². The van der Waals surface area contributed by atoms with Crippen LogP contribution < -0.4 is 54.0 Å². The number of phenols is 1. The molecule has 2 fully saturated rings. The SMILES string of the molecule is CCCC[C@H](N)C(=O)N[C@@H](CS)C(=O)N[C@H](C(=O)N[C@@H](C)C(=O)N[C@@H](CO)C(=O)N[C@H](C(=O)N1CCC[C@H]1C(=O)N1CCC[C@H]1C(=O)N[C@@H](CCC(N)=O)C(=O)N[C@@H](CS)C(=O)N[C@@H](Cc1ccc(O)cc1)C(=O)O)[C@@H](C)CC)[C@@H](C)O. The topological polar surface area (TPSA) is 441 Å². The van der Waals surface area contributed by atoms with E-state index in [1.807, 2.05) is 6.92 Å². The van der Waals surface area contributed by atoms with Gasteiger partial charge in [0.1, 0.15) is 66.2 Å². The number of carboxylic acids is 1. The van der Waals surface area contributed by atoms with Gasteiger partial charge in [0.15, 0.2) is 0 Å². The van der Waals surface area contributed by atoms with Crippen LogP contribution in [-0.4, -0.2) is 205 Å². The first-order chi connectivity index (χ1) is 38.7. The second-order valence-electron chi connectivity index (χ2n) is 20.5. The molecule has 82 heavy (non-hydrogen) atoms. The van der Waals surface area contributed by atoms with Crippen LogP contribution in [0.2, 0.25) is 0 Å². The zero-order valence-corrected chi connectivity index (χ0v) is 48.5. The first kappa shape index (κ1) is 69.5. The van der Waals surface area contributed by atoms with Crippen molar-refractivity contribution in [3.8, 4) is 5.75 Å². The van der Waals surface area contributed by atoms with Crippen LogP contribution in [0.4, 0.5) is 0 Å². The number of rotatable bonds is 33. The van der Waals surface area contributed by atoms with Crippen LogP contribution in [0, 0.1) is 5.92 Å². The van der Waals surface area contributed by atoms with Crippen molar-refractivity contribution >= 4 is 96.2 Å². The fourth-order valence-electron chi connectivity index (χ4n) is 9.07. The van der Waals surface area contributed by atoms with E-state index in [0.29, 0.717) is 37.7 Å². The Bertz CT molecular complexity index is 2420. The Morgan fingerprint density at radius 1 is 0.646 bits per heavy atom. The van der Waals surface area contributed by atoms with Gasteiger partial charge in [-0.2, -0.15) is 25.3 Å². The highest BCUT2D eigenvalue weighted by molar-refractivity contribution is 7.80. The Morgan fingerprint density at radius 2 is 1.17 bits per heavy atom. The molecule has 0 saturated carbocycles. The van der Waals surface area contributed by atoms with Gasteiger partial charge in [-0.3, -0.25) is 52.7 Å². The summed E-state index contributed by atoms with van der Waals surface area (Å²) in [4.78, 5) is 163. The molecule has 2 aliphatic rings.